The fourth-order valence-electron chi connectivity index (χ4n) is 3.76. The first-order valence-electron chi connectivity index (χ1n) is 9.61. The lowest BCUT2D eigenvalue weighted by molar-refractivity contribution is 0.0941. The van der Waals surface area contributed by atoms with Crippen molar-refractivity contribution >= 4 is 5.91 Å². The Morgan fingerprint density at radius 3 is 2.75 bits per heavy atom. The maximum Gasteiger partial charge on any atom is 0.328 e. The molecule has 0 atom stereocenters. The van der Waals surface area contributed by atoms with E-state index in [1.54, 1.807) is 18.2 Å². The van der Waals surface area contributed by atoms with Gasteiger partial charge in [-0.1, -0.05) is 25.3 Å². The number of aromatic amines is 1. The number of carbonyl (C=O) groups is 1. The van der Waals surface area contributed by atoms with E-state index in [4.69, 9.17) is 9.47 Å². The lowest BCUT2D eigenvalue weighted by Crippen LogP contribution is -2.41. The molecule has 1 aliphatic carbocycles. The Morgan fingerprint density at radius 2 is 1.93 bits per heavy atom. The van der Waals surface area contributed by atoms with Crippen molar-refractivity contribution in [1.29, 1.82) is 0 Å². The molecular weight excluding hydrogens is 362 g/mol. The second-order valence-electron chi connectivity index (χ2n) is 7.30. The number of amides is 1. The molecule has 1 amide bonds. The van der Waals surface area contributed by atoms with Crippen molar-refractivity contribution in [1.82, 2.24) is 14.9 Å². The van der Waals surface area contributed by atoms with Crippen molar-refractivity contribution < 1.29 is 14.3 Å². The van der Waals surface area contributed by atoms with Gasteiger partial charge in [-0.15, -0.1) is 0 Å². The van der Waals surface area contributed by atoms with Crippen molar-refractivity contribution in [3.05, 3.63) is 56.4 Å². The SMILES string of the molecule is O=C(NCC1CCCCC1)c1c[nH]c(=O)n(Cc2ccc3c(c2)OCO3)c1=O. The Hall–Kier alpha value is -3.03. The largest absolute Gasteiger partial charge is 0.454 e. The summed E-state index contributed by atoms with van der Waals surface area (Å²) >= 11 is 0. The smallest absolute Gasteiger partial charge is 0.328 e. The van der Waals surface area contributed by atoms with Gasteiger partial charge in [0.25, 0.3) is 11.5 Å². The number of rotatable bonds is 5. The molecule has 2 heterocycles. The lowest BCUT2D eigenvalue weighted by Gasteiger charge is -2.21. The molecule has 1 saturated carbocycles. The molecule has 0 unspecified atom stereocenters. The van der Waals surface area contributed by atoms with Gasteiger partial charge in [0.15, 0.2) is 11.5 Å². The number of aromatic nitrogens is 2. The number of nitrogens with zero attached hydrogens (tertiary/aromatic N) is 1. The Balaban J connectivity index is 1.51. The molecular formula is C20H23N3O5. The summed E-state index contributed by atoms with van der Waals surface area (Å²) in [6.07, 6.45) is 7.00. The first-order chi connectivity index (χ1) is 13.6. The summed E-state index contributed by atoms with van der Waals surface area (Å²) in [7, 11) is 0. The van der Waals surface area contributed by atoms with Crippen LogP contribution in [0.2, 0.25) is 0 Å². The summed E-state index contributed by atoms with van der Waals surface area (Å²) < 4.78 is 11.6. The van der Waals surface area contributed by atoms with Crippen LogP contribution in [0.4, 0.5) is 0 Å². The number of benzene rings is 1. The first kappa shape index (κ1) is 18.3. The highest BCUT2D eigenvalue weighted by atomic mass is 16.7. The van der Waals surface area contributed by atoms with Gasteiger partial charge in [-0.25, -0.2) is 4.79 Å². The second kappa shape index (κ2) is 7.92. The minimum absolute atomic E-state index is 0.0363. The van der Waals surface area contributed by atoms with Crippen molar-refractivity contribution in [3.8, 4) is 11.5 Å². The molecule has 1 aliphatic heterocycles. The highest BCUT2D eigenvalue weighted by Crippen LogP contribution is 2.32. The lowest BCUT2D eigenvalue weighted by atomic mass is 9.89. The quantitative estimate of drug-likeness (QED) is 0.814. The topological polar surface area (TPSA) is 102 Å². The third-order valence-electron chi connectivity index (χ3n) is 5.36. The van der Waals surface area contributed by atoms with Crippen LogP contribution in [0.1, 0.15) is 48.0 Å². The molecule has 0 radical (unpaired) electrons. The average Bonchev–Trinajstić information content (AvgIpc) is 3.18. The molecule has 8 nitrogen and oxygen atoms in total. The van der Waals surface area contributed by atoms with Gasteiger partial charge in [-0.05, 0) is 36.5 Å². The molecule has 2 aliphatic rings. The zero-order chi connectivity index (χ0) is 19.5. The zero-order valence-corrected chi connectivity index (χ0v) is 15.5. The van der Waals surface area contributed by atoms with Gasteiger partial charge in [0.2, 0.25) is 6.79 Å². The van der Waals surface area contributed by atoms with E-state index in [-0.39, 0.29) is 18.9 Å². The predicted octanol–water partition coefficient (Wildman–Crippen LogP) is 1.62. The number of fused-ring (bicyclic) bond motifs is 1. The molecule has 0 saturated heterocycles. The van der Waals surface area contributed by atoms with Crippen LogP contribution < -0.4 is 26.0 Å². The summed E-state index contributed by atoms with van der Waals surface area (Å²) in [4.78, 5) is 39.9. The maximum atomic E-state index is 12.7. The molecule has 0 spiro atoms. The van der Waals surface area contributed by atoms with Gasteiger partial charge in [-0.2, -0.15) is 0 Å². The second-order valence-corrected chi connectivity index (χ2v) is 7.30. The molecule has 28 heavy (non-hydrogen) atoms. The van der Waals surface area contributed by atoms with Crippen molar-refractivity contribution in [2.24, 2.45) is 5.92 Å². The molecule has 1 fully saturated rings. The van der Waals surface area contributed by atoms with Gasteiger partial charge in [0.1, 0.15) is 5.56 Å². The fourth-order valence-corrected chi connectivity index (χ4v) is 3.76. The average molecular weight is 385 g/mol. The van der Waals surface area contributed by atoms with E-state index in [1.165, 1.54) is 25.5 Å². The third kappa shape index (κ3) is 3.81. The summed E-state index contributed by atoms with van der Waals surface area (Å²) in [6, 6.07) is 5.22. The van der Waals surface area contributed by atoms with Crippen LogP contribution in [0.3, 0.4) is 0 Å². The fraction of sp³-hybridized carbons (Fsp3) is 0.450. The summed E-state index contributed by atoms with van der Waals surface area (Å²) in [5.74, 6) is 1.20. The van der Waals surface area contributed by atoms with Crippen LogP contribution in [-0.4, -0.2) is 28.8 Å². The molecule has 8 heteroatoms. The van der Waals surface area contributed by atoms with Crippen LogP contribution in [-0.2, 0) is 6.54 Å². The van der Waals surface area contributed by atoms with Crippen molar-refractivity contribution in [2.75, 3.05) is 13.3 Å². The molecule has 2 aromatic rings. The third-order valence-corrected chi connectivity index (χ3v) is 5.36. The molecule has 1 aromatic heterocycles. The Morgan fingerprint density at radius 1 is 1.14 bits per heavy atom. The summed E-state index contributed by atoms with van der Waals surface area (Å²) in [5.41, 5.74) is -0.526. The number of ether oxygens (including phenoxy) is 2. The van der Waals surface area contributed by atoms with E-state index >= 15 is 0 Å². The van der Waals surface area contributed by atoms with Crippen LogP contribution in [0, 0.1) is 5.92 Å². The van der Waals surface area contributed by atoms with Crippen molar-refractivity contribution in [3.63, 3.8) is 0 Å². The standard InChI is InChI=1S/C20H23N3O5/c24-18(21-9-13-4-2-1-3-5-13)15-10-22-20(26)23(19(15)25)11-14-6-7-16-17(8-14)28-12-27-16/h6-8,10,13H,1-5,9,11-12H2,(H,21,24)(H,22,26). The van der Waals surface area contributed by atoms with E-state index in [0.29, 0.717) is 29.5 Å². The Labute approximate surface area is 161 Å². The number of carbonyl (C=O) groups excluding carboxylic acids is 1. The summed E-state index contributed by atoms with van der Waals surface area (Å²) in [6.45, 7) is 0.740. The van der Waals surface area contributed by atoms with Crippen LogP contribution in [0.5, 0.6) is 11.5 Å². The molecule has 2 N–H and O–H groups in total. The van der Waals surface area contributed by atoms with E-state index in [2.05, 4.69) is 10.3 Å². The molecule has 1 aromatic carbocycles. The van der Waals surface area contributed by atoms with Gasteiger partial charge in [0.05, 0.1) is 6.54 Å². The maximum absolute atomic E-state index is 12.7. The normalized spacial score (nSPS) is 16.1. The number of H-pyrrole nitrogens is 1. The number of nitrogens with one attached hydrogen (secondary N) is 2. The van der Waals surface area contributed by atoms with Gasteiger partial charge in [0, 0.05) is 12.7 Å². The minimum atomic E-state index is -0.609. The number of hydrogen-bond acceptors (Lipinski definition) is 5. The monoisotopic (exact) mass is 385 g/mol. The first-order valence-corrected chi connectivity index (χ1v) is 9.61. The summed E-state index contributed by atoms with van der Waals surface area (Å²) in [5, 5.41) is 2.84. The van der Waals surface area contributed by atoms with E-state index in [9.17, 15) is 14.4 Å². The van der Waals surface area contributed by atoms with Crippen LogP contribution in [0.25, 0.3) is 0 Å². The van der Waals surface area contributed by atoms with Crippen molar-refractivity contribution in [2.45, 2.75) is 38.6 Å². The van der Waals surface area contributed by atoms with Gasteiger partial charge >= 0.3 is 5.69 Å². The molecule has 0 bridgehead atoms. The Kier molecular flexibility index (Phi) is 5.18. The van der Waals surface area contributed by atoms with E-state index in [0.717, 1.165) is 17.4 Å². The van der Waals surface area contributed by atoms with Crippen LogP contribution in [0.15, 0.2) is 34.0 Å². The highest BCUT2D eigenvalue weighted by Gasteiger charge is 2.19. The predicted molar refractivity (Wildman–Crippen MR) is 102 cm³/mol. The van der Waals surface area contributed by atoms with E-state index < -0.39 is 17.2 Å². The molecule has 4 rings (SSSR count). The minimum Gasteiger partial charge on any atom is -0.454 e. The van der Waals surface area contributed by atoms with E-state index in [1.807, 2.05) is 0 Å². The van der Waals surface area contributed by atoms with Gasteiger partial charge < -0.3 is 19.8 Å². The van der Waals surface area contributed by atoms with Crippen LogP contribution >= 0.6 is 0 Å². The number of hydrogen-bond donors (Lipinski definition) is 2. The zero-order valence-electron chi connectivity index (χ0n) is 15.5. The Bertz CT molecular complexity index is 988. The molecule has 148 valence electrons. The highest BCUT2D eigenvalue weighted by molar-refractivity contribution is 5.93. The van der Waals surface area contributed by atoms with Gasteiger partial charge in [-0.3, -0.25) is 14.2 Å².